The van der Waals surface area contributed by atoms with Crippen LogP contribution in [0.3, 0.4) is 0 Å². The van der Waals surface area contributed by atoms with E-state index < -0.39 is 0 Å². The average molecular weight is 368 g/mol. The lowest BCUT2D eigenvalue weighted by molar-refractivity contribution is -0.141. The van der Waals surface area contributed by atoms with Crippen molar-refractivity contribution in [3.05, 3.63) is 30.3 Å². The van der Waals surface area contributed by atoms with Gasteiger partial charge in [0, 0.05) is 18.0 Å². The molecule has 0 aliphatic heterocycles. The number of Topliss-reactive ketones (excluding diaryl/α,β-unsaturated/α-hetero) is 1. The summed E-state index contributed by atoms with van der Waals surface area (Å²) in [7, 11) is 1.99. The van der Waals surface area contributed by atoms with Crippen LogP contribution in [0.15, 0.2) is 35.5 Å². The van der Waals surface area contributed by atoms with Crippen molar-refractivity contribution in [2.24, 2.45) is 30.2 Å². The highest BCUT2D eigenvalue weighted by Gasteiger charge is 2.54. The van der Waals surface area contributed by atoms with Crippen molar-refractivity contribution in [3.8, 4) is 11.4 Å². The van der Waals surface area contributed by atoms with Crippen molar-refractivity contribution in [2.45, 2.75) is 43.7 Å². The third-order valence-corrected chi connectivity index (χ3v) is 7.85. The molecule has 4 saturated carbocycles. The van der Waals surface area contributed by atoms with Gasteiger partial charge in [-0.1, -0.05) is 42.1 Å². The second kappa shape index (κ2) is 6.22. The van der Waals surface area contributed by atoms with Crippen LogP contribution in [0.5, 0.6) is 0 Å². The van der Waals surface area contributed by atoms with Gasteiger partial charge in [-0.2, -0.15) is 0 Å². The normalized spacial score (nSPS) is 32.1. The standard InChI is InChI=1S/C21H25N3OS/c1-24-19(17-5-3-2-4-6-17)22-23-20(24)26-13-18(25)21-10-14-7-15(11-21)9-16(8-14)12-21/h2-6,14-16H,7-13H2,1H3. The van der Waals surface area contributed by atoms with E-state index in [1.54, 1.807) is 11.8 Å². The van der Waals surface area contributed by atoms with Crippen molar-refractivity contribution in [1.82, 2.24) is 14.8 Å². The molecular weight excluding hydrogens is 342 g/mol. The average Bonchev–Trinajstić information content (AvgIpc) is 3.00. The van der Waals surface area contributed by atoms with Crippen molar-refractivity contribution in [1.29, 1.82) is 0 Å². The predicted molar refractivity (Wildman–Crippen MR) is 103 cm³/mol. The Morgan fingerprint density at radius 3 is 2.31 bits per heavy atom. The van der Waals surface area contributed by atoms with E-state index in [0.29, 0.717) is 11.5 Å². The Kier molecular flexibility index (Phi) is 3.96. The Morgan fingerprint density at radius 1 is 1.08 bits per heavy atom. The smallest absolute Gasteiger partial charge is 0.191 e. The number of nitrogens with zero attached hydrogens (tertiary/aromatic N) is 3. The second-order valence-corrected chi connectivity index (χ2v) is 9.58. The van der Waals surface area contributed by atoms with E-state index in [0.717, 1.165) is 53.6 Å². The molecule has 0 spiro atoms. The first-order valence-electron chi connectivity index (χ1n) is 9.74. The largest absolute Gasteiger partial charge is 0.305 e. The van der Waals surface area contributed by atoms with Gasteiger partial charge >= 0.3 is 0 Å². The molecule has 6 rings (SSSR count). The summed E-state index contributed by atoms with van der Waals surface area (Å²) in [5.74, 6) is 4.30. The fourth-order valence-electron chi connectivity index (χ4n) is 6.01. The highest BCUT2D eigenvalue weighted by atomic mass is 32.2. The Morgan fingerprint density at radius 2 is 1.69 bits per heavy atom. The summed E-state index contributed by atoms with van der Waals surface area (Å²) in [5.41, 5.74) is 1.05. The minimum atomic E-state index is -0.0113. The first-order valence-corrected chi connectivity index (χ1v) is 10.7. The number of carbonyl (C=O) groups is 1. The molecule has 1 aromatic heterocycles. The summed E-state index contributed by atoms with van der Waals surface area (Å²) in [6.07, 6.45) is 7.57. The maximum atomic E-state index is 13.2. The number of ketones is 1. The molecule has 0 amide bonds. The molecule has 1 aromatic carbocycles. The molecule has 0 saturated heterocycles. The zero-order chi connectivity index (χ0) is 17.7. The van der Waals surface area contributed by atoms with E-state index in [2.05, 4.69) is 10.2 Å². The van der Waals surface area contributed by atoms with Gasteiger partial charge in [0.05, 0.1) is 5.75 Å². The Bertz CT molecular complexity index is 794. The molecular formula is C21H25N3OS. The lowest BCUT2D eigenvalue weighted by Crippen LogP contribution is -2.50. The van der Waals surface area contributed by atoms with Gasteiger partial charge in [-0.3, -0.25) is 4.79 Å². The van der Waals surface area contributed by atoms with Crippen LogP contribution in [-0.2, 0) is 11.8 Å². The SMILES string of the molecule is Cn1c(SCC(=O)C23CC4CC(CC(C4)C2)C3)nnc1-c1ccccc1. The number of aromatic nitrogens is 3. The summed E-state index contributed by atoms with van der Waals surface area (Å²) in [6.45, 7) is 0. The van der Waals surface area contributed by atoms with Crippen LogP contribution >= 0.6 is 11.8 Å². The van der Waals surface area contributed by atoms with Crippen molar-refractivity contribution in [2.75, 3.05) is 5.75 Å². The lowest BCUT2D eigenvalue weighted by Gasteiger charge is -2.56. The van der Waals surface area contributed by atoms with Crippen LogP contribution in [0.25, 0.3) is 11.4 Å². The second-order valence-electron chi connectivity index (χ2n) is 8.64. The maximum Gasteiger partial charge on any atom is 0.191 e. The summed E-state index contributed by atoms with van der Waals surface area (Å²) in [5, 5.41) is 9.51. The van der Waals surface area contributed by atoms with Crippen LogP contribution < -0.4 is 0 Å². The van der Waals surface area contributed by atoms with E-state index in [9.17, 15) is 4.79 Å². The van der Waals surface area contributed by atoms with Gasteiger partial charge in [-0.05, 0) is 56.3 Å². The number of benzene rings is 1. The highest BCUT2D eigenvalue weighted by molar-refractivity contribution is 7.99. The van der Waals surface area contributed by atoms with Gasteiger partial charge in [0.15, 0.2) is 11.0 Å². The van der Waals surface area contributed by atoms with E-state index in [1.807, 2.05) is 41.9 Å². The molecule has 0 atom stereocenters. The quantitative estimate of drug-likeness (QED) is 0.737. The lowest BCUT2D eigenvalue weighted by atomic mass is 9.48. The van der Waals surface area contributed by atoms with Crippen molar-refractivity contribution < 1.29 is 4.79 Å². The molecule has 136 valence electrons. The van der Waals surface area contributed by atoms with Crippen LogP contribution in [0.4, 0.5) is 0 Å². The highest BCUT2D eigenvalue weighted by Crippen LogP contribution is 2.60. The van der Waals surface area contributed by atoms with Gasteiger partial charge in [0.1, 0.15) is 5.78 Å². The molecule has 4 fully saturated rings. The Labute approximate surface area is 158 Å². The van der Waals surface area contributed by atoms with E-state index in [4.69, 9.17) is 0 Å². The monoisotopic (exact) mass is 367 g/mol. The number of carbonyl (C=O) groups excluding carboxylic acids is 1. The molecule has 4 bridgehead atoms. The van der Waals surface area contributed by atoms with Gasteiger partial charge in [-0.25, -0.2) is 0 Å². The number of hydrogen-bond donors (Lipinski definition) is 0. The van der Waals surface area contributed by atoms with Gasteiger partial charge in [0.2, 0.25) is 0 Å². The zero-order valence-corrected chi connectivity index (χ0v) is 16.0. The molecule has 26 heavy (non-hydrogen) atoms. The molecule has 5 heteroatoms. The van der Waals surface area contributed by atoms with Crippen molar-refractivity contribution in [3.63, 3.8) is 0 Å². The van der Waals surface area contributed by atoms with Gasteiger partial charge in [-0.15, -0.1) is 10.2 Å². The van der Waals surface area contributed by atoms with E-state index in [1.165, 1.54) is 19.3 Å². The molecule has 0 N–H and O–H groups in total. The van der Waals surface area contributed by atoms with Crippen LogP contribution in [-0.4, -0.2) is 26.3 Å². The molecule has 4 nitrogen and oxygen atoms in total. The first kappa shape index (κ1) is 16.5. The fraction of sp³-hybridized carbons (Fsp3) is 0.571. The Hall–Kier alpha value is -1.62. The third-order valence-electron chi connectivity index (χ3n) is 6.83. The van der Waals surface area contributed by atoms with Gasteiger partial charge < -0.3 is 4.57 Å². The molecule has 4 aliphatic carbocycles. The predicted octanol–water partition coefficient (Wildman–Crippen LogP) is 4.36. The maximum absolute atomic E-state index is 13.2. The van der Waals surface area contributed by atoms with Crippen LogP contribution in [0, 0.1) is 23.2 Å². The molecule has 2 aromatic rings. The Balaban J connectivity index is 1.30. The van der Waals surface area contributed by atoms with Crippen LogP contribution in [0.1, 0.15) is 38.5 Å². The summed E-state index contributed by atoms with van der Waals surface area (Å²) >= 11 is 1.56. The molecule has 1 heterocycles. The molecule has 0 unspecified atom stereocenters. The molecule has 0 radical (unpaired) electrons. The summed E-state index contributed by atoms with van der Waals surface area (Å²) in [4.78, 5) is 13.2. The van der Waals surface area contributed by atoms with E-state index >= 15 is 0 Å². The molecule has 4 aliphatic rings. The minimum Gasteiger partial charge on any atom is -0.305 e. The minimum absolute atomic E-state index is 0.0113. The third kappa shape index (κ3) is 2.72. The topological polar surface area (TPSA) is 47.8 Å². The fourth-order valence-corrected chi connectivity index (χ4v) is 6.96. The van der Waals surface area contributed by atoms with Crippen molar-refractivity contribution >= 4 is 17.5 Å². The first-order chi connectivity index (χ1) is 12.6. The van der Waals surface area contributed by atoms with Gasteiger partial charge in [0.25, 0.3) is 0 Å². The van der Waals surface area contributed by atoms with Crippen LogP contribution in [0.2, 0.25) is 0 Å². The number of rotatable bonds is 5. The number of thioether (sulfide) groups is 1. The summed E-state index contributed by atoms with van der Waals surface area (Å²) in [6, 6.07) is 10.1. The summed E-state index contributed by atoms with van der Waals surface area (Å²) < 4.78 is 2.01. The zero-order valence-electron chi connectivity index (χ0n) is 15.2. The number of hydrogen-bond acceptors (Lipinski definition) is 4. The van der Waals surface area contributed by atoms with E-state index in [-0.39, 0.29) is 5.41 Å².